The largest absolute Gasteiger partial charge is 0.495 e. The van der Waals surface area contributed by atoms with E-state index >= 15 is 0 Å². The quantitative estimate of drug-likeness (QED) is 0.454. The molecule has 1 aromatic rings. The molecule has 0 radical (unpaired) electrons. The molecule has 19 heavy (non-hydrogen) atoms. The molecular weight excluding hydrogens is 469 g/mol. The first-order valence-corrected chi connectivity index (χ1v) is 8.44. The molecule has 0 aromatic heterocycles. The first-order valence-electron chi connectivity index (χ1n) is 6.28. The fourth-order valence-electron chi connectivity index (χ4n) is 2.34. The van der Waals surface area contributed by atoms with Crippen LogP contribution in [0.4, 0.5) is 0 Å². The third-order valence-electron chi connectivity index (χ3n) is 3.45. The molecule has 2 aliphatic heterocycles. The Hall–Kier alpha value is 0.625. The highest BCUT2D eigenvalue weighted by Gasteiger charge is 2.36. The van der Waals surface area contributed by atoms with Crippen molar-refractivity contribution in [2.45, 2.75) is 27.1 Å². The zero-order valence-corrected chi connectivity index (χ0v) is 15.3. The summed E-state index contributed by atoms with van der Waals surface area (Å²) < 4.78 is 19.8. The van der Waals surface area contributed by atoms with Crippen molar-refractivity contribution < 1.29 is 14.0 Å². The molecule has 0 atom stereocenters. The minimum atomic E-state index is -0.237. The van der Waals surface area contributed by atoms with Crippen LogP contribution >= 0.6 is 45.2 Å². The molecule has 6 heteroatoms. The zero-order valence-electron chi connectivity index (χ0n) is 11.0. The van der Waals surface area contributed by atoms with Crippen LogP contribution in [0.1, 0.15) is 25.0 Å². The molecule has 0 saturated carbocycles. The van der Waals surface area contributed by atoms with E-state index in [-0.39, 0.29) is 12.5 Å². The molecular formula is C13H15BI2O3. The Kier molecular flexibility index (Phi) is 4.16. The van der Waals surface area contributed by atoms with Crippen molar-refractivity contribution >= 4 is 57.8 Å². The first-order chi connectivity index (χ1) is 8.98. The Morgan fingerprint density at radius 3 is 2.42 bits per heavy atom. The number of fused-ring (bicyclic) bond motifs is 1. The number of hydrogen-bond donors (Lipinski definition) is 0. The average Bonchev–Trinajstić information content (AvgIpc) is 2.84. The van der Waals surface area contributed by atoms with E-state index in [1.165, 1.54) is 18.3 Å². The van der Waals surface area contributed by atoms with Crippen molar-refractivity contribution in [3.05, 3.63) is 24.3 Å². The third kappa shape index (κ3) is 2.83. The van der Waals surface area contributed by atoms with Crippen LogP contribution in [0, 0.1) is 12.6 Å². The Labute approximate surface area is 141 Å². The highest BCUT2D eigenvalue weighted by molar-refractivity contribution is 14.1. The SMILES string of the molecule is CC1(C)COB(c2cc(I)c3c(c2I)COC3)OC1. The summed E-state index contributed by atoms with van der Waals surface area (Å²) in [6.45, 7) is 7.22. The van der Waals surface area contributed by atoms with Crippen molar-refractivity contribution in [1.82, 2.24) is 0 Å². The van der Waals surface area contributed by atoms with Crippen LogP contribution in [0.15, 0.2) is 6.07 Å². The lowest BCUT2D eigenvalue weighted by molar-refractivity contribution is 0.0342. The Bertz CT molecular complexity index is 509. The fourth-order valence-corrected chi connectivity index (χ4v) is 4.05. The molecule has 3 nitrogen and oxygen atoms in total. The van der Waals surface area contributed by atoms with Gasteiger partial charge in [-0.3, -0.25) is 0 Å². The topological polar surface area (TPSA) is 27.7 Å². The van der Waals surface area contributed by atoms with Gasteiger partial charge in [-0.2, -0.15) is 0 Å². The molecule has 2 heterocycles. The van der Waals surface area contributed by atoms with Gasteiger partial charge in [0.1, 0.15) is 0 Å². The van der Waals surface area contributed by atoms with Gasteiger partial charge in [-0.05, 0) is 67.8 Å². The van der Waals surface area contributed by atoms with Crippen LogP contribution in [0.25, 0.3) is 0 Å². The van der Waals surface area contributed by atoms with Crippen LogP contribution in [0.5, 0.6) is 0 Å². The van der Waals surface area contributed by atoms with E-state index in [0.717, 1.165) is 25.3 Å². The van der Waals surface area contributed by atoms with Gasteiger partial charge in [0.25, 0.3) is 0 Å². The lowest BCUT2D eigenvalue weighted by Crippen LogP contribution is -2.48. The predicted octanol–water partition coefficient (Wildman–Crippen LogP) is 2.69. The summed E-state index contributed by atoms with van der Waals surface area (Å²) in [6, 6.07) is 2.18. The van der Waals surface area contributed by atoms with Crippen molar-refractivity contribution in [2.24, 2.45) is 5.41 Å². The van der Waals surface area contributed by atoms with E-state index in [9.17, 15) is 0 Å². The monoisotopic (exact) mass is 484 g/mol. The summed E-state index contributed by atoms with van der Waals surface area (Å²) in [5, 5.41) is 0. The van der Waals surface area contributed by atoms with Crippen LogP contribution in [0.2, 0.25) is 0 Å². The molecule has 0 N–H and O–H groups in total. The molecule has 0 bridgehead atoms. The molecule has 0 aliphatic carbocycles. The van der Waals surface area contributed by atoms with Gasteiger partial charge in [0, 0.05) is 25.8 Å². The summed E-state index contributed by atoms with van der Waals surface area (Å²) in [7, 11) is -0.237. The number of benzene rings is 1. The second kappa shape index (κ2) is 5.44. The van der Waals surface area contributed by atoms with Crippen LogP contribution in [-0.4, -0.2) is 20.3 Å². The number of rotatable bonds is 1. The van der Waals surface area contributed by atoms with Crippen molar-refractivity contribution in [3.8, 4) is 0 Å². The summed E-state index contributed by atoms with van der Waals surface area (Å²) in [5.41, 5.74) is 3.88. The van der Waals surface area contributed by atoms with Gasteiger partial charge in [-0.15, -0.1) is 0 Å². The minimum absolute atomic E-state index is 0.106. The highest BCUT2D eigenvalue weighted by atomic mass is 127. The van der Waals surface area contributed by atoms with Crippen molar-refractivity contribution in [3.63, 3.8) is 0 Å². The molecule has 102 valence electrons. The molecule has 1 fully saturated rings. The maximum Gasteiger partial charge on any atom is 0.495 e. The summed E-state index contributed by atoms with van der Waals surface area (Å²) >= 11 is 4.77. The maximum atomic E-state index is 5.90. The lowest BCUT2D eigenvalue weighted by Gasteiger charge is -2.33. The first kappa shape index (κ1) is 14.6. The fraction of sp³-hybridized carbons (Fsp3) is 0.538. The van der Waals surface area contributed by atoms with Gasteiger partial charge in [-0.1, -0.05) is 13.8 Å². The van der Waals surface area contributed by atoms with Crippen LogP contribution < -0.4 is 5.46 Å². The molecule has 1 saturated heterocycles. The van der Waals surface area contributed by atoms with Gasteiger partial charge < -0.3 is 14.0 Å². The van der Waals surface area contributed by atoms with Crippen LogP contribution in [0.3, 0.4) is 0 Å². The van der Waals surface area contributed by atoms with E-state index in [0.29, 0.717) is 6.61 Å². The Morgan fingerprint density at radius 2 is 1.74 bits per heavy atom. The van der Waals surface area contributed by atoms with E-state index in [1.807, 2.05) is 0 Å². The van der Waals surface area contributed by atoms with Gasteiger partial charge in [0.2, 0.25) is 0 Å². The third-order valence-corrected chi connectivity index (χ3v) is 5.69. The molecule has 0 unspecified atom stereocenters. The second-order valence-electron chi connectivity index (χ2n) is 5.83. The Morgan fingerprint density at radius 1 is 1.11 bits per heavy atom. The van der Waals surface area contributed by atoms with E-state index < -0.39 is 0 Å². The Balaban J connectivity index is 1.92. The summed E-state index contributed by atoms with van der Waals surface area (Å²) in [5.74, 6) is 0. The lowest BCUT2D eigenvalue weighted by atomic mass is 9.75. The standard InChI is InChI=1S/C13H15BI2O3/c1-13(2)6-18-14(19-7-13)10-3-11(15)8-4-17-5-9(8)12(10)16/h3H,4-7H2,1-2H3. The van der Waals surface area contributed by atoms with Crippen LogP contribution in [-0.2, 0) is 27.3 Å². The van der Waals surface area contributed by atoms with Gasteiger partial charge in [-0.25, -0.2) is 0 Å². The summed E-state index contributed by atoms with van der Waals surface area (Å²) in [4.78, 5) is 0. The van der Waals surface area contributed by atoms with Crippen molar-refractivity contribution in [1.29, 1.82) is 0 Å². The number of halogens is 2. The average molecular weight is 484 g/mol. The second-order valence-corrected chi connectivity index (χ2v) is 8.07. The maximum absolute atomic E-state index is 5.90. The molecule has 1 aromatic carbocycles. The highest BCUT2D eigenvalue weighted by Crippen LogP contribution is 2.29. The van der Waals surface area contributed by atoms with Gasteiger partial charge in [0.05, 0.1) is 13.2 Å². The smallest absolute Gasteiger partial charge is 0.407 e. The van der Waals surface area contributed by atoms with E-state index in [2.05, 4.69) is 65.1 Å². The van der Waals surface area contributed by atoms with Gasteiger partial charge in [0.15, 0.2) is 0 Å². The molecule has 3 rings (SSSR count). The van der Waals surface area contributed by atoms with Gasteiger partial charge >= 0.3 is 7.12 Å². The zero-order chi connectivity index (χ0) is 13.6. The summed E-state index contributed by atoms with van der Waals surface area (Å²) in [6.07, 6.45) is 0. The van der Waals surface area contributed by atoms with E-state index in [4.69, 9.17) is 14.0 Å². The number of ether oxygens (including phenoxy) is 1. The minimum Gasteiger partial charge on any atom is -0.407 e. The van der Waals surface area contributed by atoms with E-state index in [1.54, 1.807) is 0 Å². The molecule has 0 spiro atoms. The normalized spacial score (nSPS) is 21.6. The predicted molar refractivity (Wildman–Crippen MR) is 91.4 cm³/mol. The molecule has 0 amide bonds. The number of hydrogen-bond acceptors (Lipinski definition) is 3. The van der Waals surface area contributed by atoms with Crippen molar-refractivity contribution in [2.75, 3.05) is 13.2 Å². The molecule has 2 aliphatic rings.